The van der Waals surface area contributed by atoms with Crippen LogP contribution >= 0.6 is 0 Å². The van der Waals surface area contributed by atoms with Crippen molar-refractivity contribution >= 4 is 21.2 Å². The molecule has 0 bridgehead atoms. The maximum Gasteiger partial charge on any atom is 1.00 e. The molecule has 0 spiro atoms. The first kappa shape index (κ1) is 11.6. The van der Waals surface area contributed by atoms with E-state index in [1.165, 1.54) is 12.1 Å². The fraction of sp³-hybridized carbons (Fsp3) is 0. The van der Waals surface area contributed by atoms with Gasteiger partial charge in [0.1, 0.15) is 15.9 Å². The summed E-state index contributed by atoms with van der Waals surface area (Å²) in [5, 5.41) is 9.57. The number of aromatic amines is 1. The summed E-state index contributed by atoms with van der Waals surface area (Å²) in [6.07, 6.45) is 0. The predicted octanol–water partition coefficient (Wildman–Crippen LogP) is -2.79. The fourth-order valence-electron chi connectivity index (χ4n) is 1.05. The standard InChI is InChI=1S/C6H5N3O3S.Na/c10-13(11,12)5-3-1-2-4-6(5)8-9-7-4;/h1-3H,(H,7,8,9)(H,10,11,12);/q;+1. The Labute approximate surface area is 102 Å². The van der Waals surface area contributed by atoms with Gasteiger partial charge in [-0.05, 0) is 12.1 Å². The summed E-state index contributed by atoms with van der Waals surface area (Å²) >= 11 is 0. The molecular formula is C6H5N3NaO3S+. The van der Waals surface area contributed by atoms with Crippen LogP contribution < -0.4 is 29.6 Å². The molecule has 1 aromatic carbocycles. The van der Waals surface area contributed by atoms with Crippen molar-refractivity contribution in [3.8, 4) is 0 Å². The van der Waals surface area contributed by atoms with Gasteiger partial charge in [-0.1, -0.05) is 6.07 Å². The molecule has 8 heteroatoms. The molecule has 2 aromatic rings. The first-order valence-electron chi connectivity index (χ1n) is 3.36. The molecule has 0 aliphatic carbocycles. The molecule has 0 aliphatic heterocycles. The van der Waals surface area contributed by atoms with Gasteiger partial charge in [0.05, 0.1) is 0 Å². The number of fused-ring (bicyclic) bond motifs is 1. The van der Waals surface area contributed by atoms with Crippen molar-refractivity contribution in [2.45, 2.75) is 4.90 Å². The Kier molecular flexibility index (Phi) is 3.28. The van der Waals surface area contributed by atoms with Gasteiger partial charge >= 0.3 is 29.6 Å². The quantitative estimate of drug-likeness (QED) is 0.401. The fourth-order valence-corrected chi connectivity index (χ4v) is 1.70. The first-order chi connectivity index (χ1) is 6.09. The molecule has 6 nitrogen and oxygen atoms in total. The molecule has 2 N–H and O–H groups in total. The number of rotatable bonds is 1. The monoisotopic (exact) mass is 222 g/mol. The van der Waals surface area contributed by atoms with Crippen LogP contribution in [0.15, 0.2) is 23.1 Å². The van der Waals surface area contributed by atoms with Gasteiger partial charge in [-0.3, -0.25) is 4.55 Å². The largest absolute Gasteiger partial charge is 1.00 e. The van der Waals surface area contributed by atoms with Crippen molar-refractivity contribution in [2.24, 2.45) is 0 Å². The Balaban J connectivity index is 0.000000980. The van der Waals surface area contributed by atoms with Gasteiger partial charge in [-0.2, -0.15) is 23.8 Å². The topological polar surface area (TPSA) is 95.9 Å². The average Bonchev–Trinajstić information content (AvgIpc) is 2.48. The van der Waals surface area contributed by atoms with E-state index in [0.717, 1.165) is 0 Å². The van der Waals surface area contributed by atoms with Crippen LogP contribution in [-0.4, -0.2) is 28.4 Å². The van der Waals surface area contributed by atoms with Crippen LogP contribution in [0.5, 0.6) is 0 Å². The number of aromatic nitrogens is 3. The molecule has 2 rings (SSSR count). The summed E-state index contributed by atoms with van der Waals surface area (Å²) in [7, 11) is -4.22. The third-order valence-electron chi connectivity index (χ3n) is 1.59. The van der Waals surface area contributed by atoms with E-state index in [9.17, 15) is 8.42 Å². The molecule has 0 unspecified atom stereocenters. The van der Waals surface area contributed by atoms with E-state index in [2.05, 4.69) is 15.4 Å². The summed E-state index contributed by atoms with van der Waals surface area (Å²) < 4.78 is 30.4. The zero-order valence-electron chi connectivity index (χ0n) is 7.30. The molecule has 0 aliphatic rings. The third-order valence-corrected chi connectivity index (χ3v) is 2.47. The summed E-state index contributed by atoms with van der Waals surface area (Å²) in [6, 6.07) is 4.33. The van der Waals surface area contributed by atoms with Crippen LogP contribution in [0.1, 0.15) is 0 Å². The molecule has 0 saturated heterocycles. The normalized spacial score (nSPS) is 11.2. The van der Waals surface area contributed by atoms with Crippen LogP contribution in [0.3, 0.4) is 0 Å². The molecule has 0 saturated carbocycles. The number of H-pyrrole nitrogens is 1. The number of hydrogen-bond acceptors (Lipinski definition) is 4. The van der Waals surface area contributed by atoms with Gasteiger partial charge in [0.15, 0.2) is 0 Å². The molecule has 1 aromatic heterocycles. The second kappa shape index (κ2) is 3.95. The first-order valence-corrected chi connectivity index (χ1v) is 4.80. The van der Waals surface area contributed by atoms with E-state index < -0.39 is 10.1 Å². The van der Waals surface area contributed by atoms with E-state index in [1.54, 1.807) is 6.07 Å². The van der Waals surface area contributed by atoms with Crippen molar-refractivity contribution in [1.29, 1.82) is 0 Å². The minimum absolute atomic E-state index is 0. The van der Waals surface area contributed by atoms with Gasteiger partial charge in [-0.15, -0.1) is 0 Å². The Hall–Kier alpha value is -0.470. The Morgan fingerprint density at radius 2 is 2.00 bits per heavy atom. The van der Waals surface area contributed by atoms with E-state index in [1.807, 2.05) is 0 Å². The van der Waals surface area contributed by atoms with Crippen molar-refractivity contribution in [3.63, 3.8) is 0 Å². The zero-order valence-corrected chi connectivity index (χ0v) is 10.1. The molecule has 1 heterocycles. The molecular weight excluding hydrogens is 217 g/mol. The molecule has 0 radical (unpaired) electrons. The number of nitrogens with zero attached hydrogens (tertiary/aromatic N) is 2. The minimum Gasteiger partial charge on any atom is -0.282 e. The smallest absolute Gasteiger partial charge is 0.282 e. The van der Waals surface area contributed by atoms with E-state index in [0.29, 0.717) is 5.52 Å². The Morgan fingerprint density at radius 3 is 2.64 bits per heavy atom. The van der Waals surface area contributed by atoms with E-state index in [4.69, 9.17) is 4.55 Å². The maximum absolute atomic E-state index is 10.8. The maximum atomic E-state index is 10.8. The van der Waals surface area contributed by atoms with E-state index in [-0.39, 0.29) is 40.0 Å². The van der Waals surface area contributed by atoms with Gasteiger partial charge < -0.3 is 0 Å². The van der Waals surface area contributed by atoms with Crippen LogP contribution in [0, 0.1) is 0 Å². The Bertz CT molecular complexity index is 550. The third kappa shape index (κ3) is 1.96. The SMILES string of the molecule is O=S(=O)(O)c1cccc2n[nH]nc12.[Na+]. The second-order valence-electron chi connectivity index (χ2n) is 2.42. The summed E-state index contributed by atoms with van der Waals surface area (Å²) in [6.45, 7) is 0. The number of benzene rings is 1. The van der Waals surface area contributed by atoms with Gasteiger partial charge in [0.2, 0.25) is 0 Å². The van der Waals surface area contributed by atoms with Crippen LogP contribution in [0.25, 0.3) is 11.0 Å². The van der Waals surface area contributed by atoms with Crippen LogP contribution in [0.2, 0.25) is 0 Å². The van der Waals surface area contributed by atoms with Gasteiger partial charge in [0.25, 0.3) is 10.1 Å². The minimum atomic E-state index is -4.22. The summed E-state index contributed by atoms with van der Waals surface area (Å²) in [5.74, 6) is 0. The van der Waals surface area contributed by atoms with Gasteiger partial charge in [0, 0.05) is 0 Å². The van der Waals surface area contributed by atoms with Crippen LogP contribution in [-0.2, 0) is 10.1 Å². The predicted molar refractivity (Wildman–Crippen MR) is 43.7 cm³/mol. The second-order valence-corrected chi connectivity index (χ2v) is 3.81. The average molecular weight is 222 g/mol. The Morgan fingerprint density at radius 1 is 1.29 bits per heavy atom. The van der Waals surface area contributed by atoms with Crippen LogP contribution in [0.4, 0.5) is 0 Å². The number of nitrogens with one attached hydrogen (secondary N) is 1. The number of hydrogen-bond donors (Lipinski definition) is 2. The van der Waals surface area contributed by atoms with Gasteiger partial charge in [-0.25, -0.2) is 0 Å². The number of para-hydroxylation sites is 1. The summed E-state index contributed by atoms with van der Waals surface area (Å²) in [5.41, 5.74) is 0.542. The molecule has 0 amide bonds. The van der Waals surface area contributed by atoms with E-state index >= 15 is 0 Å². The van der Waals surface area contributed by atoms with Crippen molar-refractivity contribution < 1.29 is 42.5 Å². The molecule has 14 heavy (non-hydrogen) atoms. The van der Waals surface area contributed by atoms with Crippen molar-refractivity contribution in [3.05, 3.63) is 18.2 Å². The van der Waals surface area contributed by atoms with Crippen molar-refractivity contribution in [1.82, 2.24) is 15.4 Å². The molecule has 0 fully saturated rings. The molecule has 68 valence electrons. The molecule has 0 atom stereocenters. The zero-order chi connectivity index (χ0) is 9.47. The summed E-state index contributed by atoms with van der Waals surface area (Å²) in [4.78, 5) is -0.237. The van der Waals surface area contributed by atoms with Crippen molar-refractivity contribution in [2.75, 3.05) is 0 Å².